The summed E-state index contributed by atoms with van der Waals surface area (Å²) in [5, 5.41) is 12.8. The number of carbonyl (C=O) groups excluding carboxylic acids is 1. The number of nitrogens with one attached hydrogen (secondary N) is 2. The zero-order valence-corrected chi connectivity index (χ0v) is 17.8. The average Bonchev–Trinajstić information content (AvgIpc) is 3.12. The van der Waals surface area contributed by atoms with Crippen LogP contribution in [0.4, 0.5) is 0 Å². The average molecular weight is 452 g/mol. The number of amides is 1. The second-order valence-corrected chi connectivity index (χ2v) is 9.40. The second-order valence-electron chi connectivity index (χ2n) is 7.29. The Morgan fingerprint density at radius 1 is 1.29 bits per heavy atom. The number of benzene rings is 1. The number of aliphatic hydroxyl groups is 1. The highest BCUT2D eigenvalue weighted by atomic mass is 32.2. The van der Waals surface area contributed by atoms with Crippen LogP contribution >= 0.6 is 0 Å². The van der Waals surface area contributed by atoms with Crippen LogP contribution in [0.5, 0.6) is 0 Å². The topological polar surface area (TPSA) is 148 Å². The zero-order valence-electron chi connectivity index (χ0n) is 17.0. The van der Waals surface area contributed by atoms with Crippen molar-refractivity contribution in [1.82, 2.24) is 14.9 Å². The van der Waals surface area contributed by atoms with Gasteiger partial charge in [0.25, 0.3) is 5.56 Å². The second kappa shape index (κ2) is 9.58. The Hall–Kier alpha value is -2.76. The van der Waals surface area contributed by atoms with E-state index in [1.807, 2.05) is 0 Å². The Morgan fingerprint density at radius 2 is 2.00 bits per heavy atom. The summed E-state index contributed by atoms with van der Waals surface area (Å²) in [5.41, 5.74) is -0.694. The number of nitrogens with zero attached hydrogens (tertiary/aromatic N) is 1. The minimum atomic E-state index is -3.57. The van der Waals surface area contributed by atoms with Gasteiger partial charge in [0.1, 0.15) is 12.3 Å². The molecule has 1 saturated heterocycles. The lowest BCUT2D eigenvalue weighted by Gasteiger charge is -2.17. The fraction of sp³-hybridized carbons (Fsp3) is 0.450. The quantitative estimate of drug-likeness (QED) is 0.500. The summed E-state index contributed by atoms with van der Waals surface area (Å²) in [6.45, 7) is 1.74. The normalized spacial score (nSPS) is 21.2. The molecule has 3 atom stereocenters. The van der Waals surface area contributed by atoms with E-state index < -0.39 is 45.4 Å². The molecule has 0 radical (unpaired) electrons. The van der Waals surface area contributed by atoms with Gasteiger partial charge >= 0.3 is 5.69 Å². The molecule has 11 heteroatoms. The van der Waals surface area contributed by atoms with E-state index in [4.69, 9.17) is 4.74 Å². The third kappa shape index (κ3) is 5.49. The van der Waals surface area contributed by atoms with E-state index in [2.05, 4.69) is 10.3 Å². The van der Waals surface area contributed by atoms with Crippen molar-refractivity contribution in [3.05, 3.63) is 62.9 Å². The SMILES string of the molecule is CCc1cn([C@@H]2CC(O)[C@H](CNC(=O)CCS(=O)(=O)c3ccccc3)O2)c(=O)[nH]c1=O. The predicted octanol–water partition coefficient (Wildman–Crippen LogP) is -0.272. The number of ether oxygens (including phenoxy) is 1. The summed E-state index contributed by atoms with van der Waals surface area (Å²) >= 11 is 0. The Balaban J connectivity index is 1.55. The van der Waals surface area contributed by atoms with Crippen molar-refractivity contribution >= 4 is 15.7 Å². The Morgan fingerprint density at radius 3 is 2.68 bits per heavy atom. The van der Waals surface area contributed by atoms with Crippen molar-refractivity contribution in [2.24, 2.45) is 0 Å². The molecule has 1 aliphatic rings. The maximum atomic E-state index is 12.3. The Kier molecular flexibility index (Phi) is 7.08. The molecule has 1 amide bonds. The summed E-state index contributed by atoms with van der Waals surface area (Å²) in [6.07, 6.45) is -0.791. The molecule has 1 fully saturated rings. The first kappa shape index (κ1) is 22.9. The number of hydrogen-bond donors (Lipinski definition) is 3. The highest BCUT2D eigenvalue weighted by Gasteiger charge is 2.35. The molecule has 0 spiro atoms. The van der Waals surface area contributed by atoms with Gasteiger partial charge in [-0.05, 0) is 18.6 Å². The summed E-state index contributed by atoms with van der Waals surface area (Å²) < 4.78 is 31.4. The molecule has 1 aliphatic heterocycles. The lowest BCUT2D eigenvalue weighted by Crippen LogP contribution is -2.38. The van der Waals surface area contributed by atoms with Crippen molar-refractivity contribution in [2.45, 2.75) is 49.5 Å². The molecule has 0 bridgehead atoms. The molecular formula is C20H25N3O7S. The van der Waals surface area contributed by atoms with Gasteiger partial charge in [-0.15, -0.1) is 0 Å². The molecule has 31 heavy (non-hydrogen) atoms. The van der Waals surface area contributed by atoms with Crippen LogP contribution in [0.25, 0.3) is 0 Å². The Labute approximate surface area is 178 Å². The number of aliphatic hydroxyl groups excluding tert-OH is 1. The van der Waals surface area contributed by atoms with Crippen LogP contribution in [-0.2, 0) is 25.8 Å². The van der Waals surface area contributed by atoms with Crippen LogP contribution in [0.1, 0.15) is 31.6 Å². The highest BCUT2D eigenvalue weighted by molar-refractivity contribution is 7.91. The molecule has 2 aromatic rings. The number of sulfone groups is 1. The van der Waals surface area contributed by atoms with Gasteiger partial charge in [-0.1, -0.05) is 25.1 Å². The minimum absolute atomic E-state index is 0.0410. The van der Waals surface area contributed by atoms with Crippen LogP contribution in [0.2, 0.25) is 0 Å². The summed E-state index contributed by atoms with van der Waals surface area (Å²) in [6, 6.07) is 7.87. The fourth-order valence-corrected chi connectivity index (χ4v) is 4.60. The monoisotopic (exact) mass is 451 g/mol. The van der Waals surface area contributed by atoms with Crippen molar-refractivity contribution in [3.63, 3.8) is 0 Å². The number of aromatic amines is 1. The van der Waals surface area contributed by atoms with Crippen molar-refractivity contribution in [3.8, 4) is 0 Å². The number of aryl methyl sites for hydroxylation is 1. The molecule has 0 saturated carbocycles. The standard InChI is InChI=1S/C20H25N3O7S/c1-2-13-12-23(20(27)22-19(13)26)18-10-15(24)16(30-18)11-21-17(25)8-9-31(28,29)14-6-4-3-5-7-14/h3-7,12,15-16,18,24H,2,8-11H2,1H3,(H,21,25)(H,22,26,27)/t15?,16-,18-/m0/s1. The largest absolute Gasteiger partial charge is 0.390 e. The maximum absolute atomic E-state index is 12.3. The smallest absolute Gasteiger partial charge is 0.330 e. The third-order valence-corrected chi connectivity index (χ3v) is 6.87. The van der Waals surface area contributed by atoms with Gasteiger partial charge in [-0.25, -0.2) is 13.2 Å². The molecule has 3 N–H and O–H groups in total. The molecule has 1 unspecified atom stereocenters. The van der Waals surface area contributed by atoms with Gasteiger partial charge in [0.15, 0.2) is 9.84 Å². The predicted molar refractivity (Wildman–Crippen MR) is 111 cm³/mol. The number of rotatable bonds is 8. The van der Waals surface area contributed by atoms with E-state index in [1.54, 1.807) is 25.1 Å². The molecular weight excluding hydrogens is 426 g/mol. The molecule has 168 valence electrons. The first-order valence-corrected chi connectivity index (χ1v) is 11.6. The molecule has 1 aromatic carbocycles. The fourth-order valence-electron chi connectivity index (χ4n) is 3.34. The molecule has 0 aliphatic carbocycles. The lowest BCUT2D eigenvalue weighted by atomic mass is 10.1. The molecule has 2 heterocycles. The summed E-state index contributed by atoms with van der Waals surface area (Å²) in [4.78, 5) is 38.3. The molecule has 10 nitrogen and oxygen atoms in total. The molecule has 1 aromatic heterocycles. The number of hydrogen-bond acceptors (Lipinski definition) is 7. The van der Waals surface area contributed by atoms with Crippen LogP contribution in [0.3, 0.4) is 0 Å². The van der Waals surface area contributed by atoms with E-state index in [-0.39, 0.29) is 30.0 Å². The van der Waals surface area contributed by atoms with E-state index >= 15 is 0 Å². The van der Waals surface area contributed by atoms with Crippen molar-refractivity contribution in [1.29, 1.82) is 0 Å². The molecule has 3 rings (SSSR count). The van der Waals surface area contributed by atoms with Crippen LogP contribution in [-0.4, -0.2) is 53.5 Å². The van der Waals surface area contributed by atoms with Gasteiger partial charge in [0, 0.05) is 31.1 Å². The first-order valence-electron chi connectivity index (χ1n) is 9.93. The van der Waals surface area contributed by atoms with Gasteiger partial charge < -0.3 is 15.2 Å². The van der Waals surface area contributed by atoms with Crippen LogP contribution < -0.4 is 16.6 Å². The third-order valence-electron chi connectivity index (χ3n) is 5.14. The maximum Gasteiger partial charge on any atom is 0.330 e. The van der Waals surface area contributed by atoms with E-state index in [9.17, 15) is 27.9 Å². The van der Waals surface area contributed by atoms with E-state index in [0.29, 0.717) is 12.0 Å². The van der Waals surface area contributed by atoms with Gasteiger partial charge in [0.05, 0.1) is 16.8 Å². The van der Waals surface area contributed by atoms with E-state index in [1.165, 1.54) is 22.9 Å². The zero-order chi connectivity index (χ0) is 22.6. The summed E-state index contributed by atoms with van der Waals surface area (Å²) in [5.74, 6) is -0.834. The summed E-state index contributed by atoms with van der Waals surface area (Å²) in [7, 11) is -3.57. The number of carbonyl (C=O) groups is 1. The van der Waals surface area contributed by atoms with Crippen LogP contribution in [0, 0.1) is 0 Å². The van der Waals surface area contributed by atoms with Crippen LogP contribution in [0.15, 0.2) is 51.0 Å². The number of aromatic nitrogens is 2. The first-order chi connectivity index (χ1) is 14.7. The lowest BCUT2D eigenvalue weighted by molar-refractivity contribution is -0.121. The van der Waals surface area contributed by atoms with Gasteiger partial charge in [-0.2, -0.15) is 0 Å². The van der Waals surface area contributed by atoms with Gasteiger partial charge in [-0.3, -0.25) is 19.1 Å². The minimum Gasteiger partial charge on any atom is -0.390 e. The Bertz CT molecular complexity index is 1140. The highest BCUT2D eigenvalue weighted by Crippen LogP contribution is 2.27. The van der Waals surface area contributed by atoms with Gasteiger partial charge in [0.2, 0.25) is 5.91 Å². The van der Waals surface area contributed by atoms with Crippen molar-refractivity contribution < 1.29 is 23.1 Å². The van der Waals surface area contributed by atoms with Crippen molar-refractivity contribution in [2.75, 3.05) is 12.3 Å². The number of H-pyrrole nitrogens is 1. The van der Waals surface area contributed by atoms with E-state index in [0.717, 1.165) is 0 Å².